The van der Waals surface area contributed by atoms with Gasteiger partial charge in [-0.3, -0.25) is 9.59 Å². The number of rotatable bonds is 2. The van der Waals surface area contributed by atoms with Crippen LogP contribution in [0.15, 0.2) is 12.3 Å². The highest BCUT2D eigenvalue weighted by atomic mass is 16.2. The van der Waals surface area contributed by atoms with Crippen LogP contribution in [0.25, 0.3) is 0 Å². The van der Waals surface area contributed by atoms with Gasteiger partial charge in [0.1, 0.15) is 0 Å². The molecule has 2 aliphatic heterocycles. The van der Waals surface area contributed by atoms with E-state index in [1.807, 2.05) is 35.7 Å². The molecule has 0 radical (unpaired) electrons. The molecular formula is C21H31N3O2. The predicted molar refractivity (Wildman–Crippen MR) is 101 cm³/mol. The van der Waals surface area contributed by atoms with E-state index in [0.717, 1.165) is 49.9 Å². The third-order valence-corrected chi connectivity index (χ3v) is 7.04. The lowest BCUT2D eigenvalue weighted by molar-refractivity contribution is -0.149. The summed E-state index contributed by atoms with van der Waals surface area (Å²) in [5.41, 5.74) is 1.44. The lowest BCUT2D eigenvalue weighted by Crippen LogP contribution is -2.54. The predicted octanol–water partition coefficient (Wildman–Crippen LogP) is 3.12. The lowest BCUT2D eigenvalue weighted by Gasteiger charge is -2.44. The Morgan fingerprint density at radius 1 is 1.12 bits per heavy atom. The van der Waals surface area contributed by atoms with Gasteiger partial charge >= 0.3 is 0 Å². The molecule has 1 aromatic heterocycles. The molecule has 3 aliphatic rings. The third-order valence-electron chi connectivity index (χ3n) is 7.04. The molecule has 142 valence electrons. The van der Waals surface area contributed by atoms with Gasteiger partial charge < -0.3 is 14.4 Å². The minimum atomic E-state index is -0.325. The summed E-state index contributed by atoms with van der Waals surface area (Å²) in [5.74, 6) is 0.415. The minimum absolute atomic E-state index is 0.0857. The highest BCUT2D eigenvalue weighted by Gasteiger charge is 2.50. The van der Waals surface area contributed by atoms with Gasteiger partial charge in [0.05, 0.1) is 11.0 Å². The van der Waals surface area contributed by atoms with Crippen molar-refractivity contribution in [2.24, 2.45) is 12.5 Å². The third kappa shape index (κ3) is 2.85. The van der Waals surface area contributed by atoms with Crippen LogP contribution < -0.4 is 0 Å². The van der Waals surface area contributed by atoms with E-state index in [0.29, 0.717) is 25.0 Å². The molecule has 0 aromatic carbocycles. The standard InChI is InChI=1S/C21H31N3O2/c1-16-18(9-13-22(16)2)19(25)23-14-11-21(15-23)10-6-12-24(20(21)26)17-7-4-3-5-8-17/h9,13,17H,3-8,10-12,14-15H2,1-2H3/t21-/m1/s1. The van der Waals surface area contributed by atoms with Gasteiger partial charge in [0.2, 0.25) is 5.91 Å². The summed E-state index contributed by atoms with van der Waals surface area (Å²) in [5, 5.41) is 0. The molecule has 1 atom stereocenters. The molecule has 4 rings (SSSR count). The van der Waals surface area contributed by atoms with E-state index in [1.54, 1.807) is 0 Å². The number of carbonyl (C=O) groups excluding carboxylic acids is 2. The Balaban J connectivity index is 1.50. The second-order valence-corrected chi connectivity index (χ2v) is 8.58. The minimum Gasteiger partial charge on any atom is -0.354 e. The zero-order valence-electron chi connectivity index (χ0n) is 16.2. The molecule has 2 saturated heterocycles. The van der Waals surface area contributed by atoms with E-state index in [9.17, 15) is 9.59 Å². The van der Waals surface area contributed by atoms with Crippen molar-refractivity contribution < 1.29 is 9.59 Å². The van der Waals surface area contributed by atoms with E-state index >= 15 is 0 Å². The zero-order chi connectivity index (χ0) is 18.3. The number of hydrogen-bond donors (Lipinski definition) is 0. The summed E-state index contributed by atoms with van der Waals surface area (Å²) in [7, 11) is 1.96. The number of hydrogen-bond acceptors (Lipinski definition) is 2. The fraction of sp³-hybridized carbons (Fsp3) is 0.714. The van der Waals surface area contributed by atoms with Crippen LogP contribution in [-0.4, -0.2) is 51.9 Å². The molecule has 0 N–H and O–H groups in total. The molecule has 5 heteroatoms. The molecule has 0 unspecified atom stereocenters. The normalized spacial score (nSPS) is 27.5. The largest absolute Gasteiger partial charge is 0.354 e. The van der Waals surface area contributed by atoms with Crippen molar-refractivity contribution in [2.45, 2.75) is 64.3 Å². The number of aryl methyl sites for hydroxylation is 1. The number of nitrogens with zero attached hydrogens (tertiary/aromatic N) is 3. The summed E-state index contributed by atoms with van der Waals surface area (Å²) in [6.07, 6.45) is 10.9. The number of piperidine rings is 1. The van der Waals surface area contributed by atoms with Gasteiger partial charge in [-0.1, -0.05) is 19.3 Å². The summed E-state index contributed by atoms with van der Waals surface area (Å²) in [6, 6.07) is 2.34. The number of aromatic nitrogens is 1. The van der Waals surface area contributed by atoms with Gasteiger partial charge in [-0.2, -0.15) is 0 Å². The van der Waals surface area contributed by atoms with Gasteiger partial charge in [-0.15, -0.1) is 0 Å². The quantitative estimate of drug-likeness (QED) is 0.816. The maximum Gasteiger partial charge on any atom is 0.255 e. The van der Waals surface area contributed by atoms with Crippen LogP contribution in [0.2, 0.25) is 0 Å². The second-order valence-electron chi connectivity index (χ2n) is 8.58. The van der Waals surface area contributed by atoms with E-state index in [4.69, 9.17) is 0 Å². The maximum atomic E-state index is 13.4. The molecule has 3 heterocycles. The van der Waals surface area contributed by atoms with E-state index in [-0.39, 0.29) is 11.3 Å². The average molecular weight is 357 g/mol. The van der Waals surface area contributed by atoms with Gasteiger partial charge in [-0.05, 0) is 45.1 Å². The van der Waals surface area contributed by atoms with Crippen molar-refractivity contribution in [1.82, 2.24) is 14.4 Å². The molecule has 0 bridgehead atoms. The summed E-state index contributed by atoms with van der Waals surface area (Å²) in [6.45, 7) is 4.20. The van der Waals surface area contributed by atoms with Crippen molar-refractivity contribution in [1.29, 1.82) is 0 Å². The van der Waals surface area contributed by atoms with Crippen LogP contribution in [0.4, 0.5) is 0 Å². The average Bonchev–Trinajstić information content (AvgIpc) is 3.23. The van der Waals surface area contributed by atoms with Crippen molar-refractivity contribution in [3.63, 3.8) is 0 Å². The monoisotopic (exact) mass is 357 g/mol. The first-order valence-electron chi connectivity index (χ1n) is 10.2. The van der Waals surface area contributed by atoms with Crippen LogP contribution in [0.1, 0.15) is 67.4 Å². The molecule has 1 spiro atoms. The molecule has 1 saturated carbocycles. The molecule has 1 aliphatic carbocycles. The Kier molecular flexibility index (Phi) is 4.57. The van der Waals surface area contributed by atoms with E-state index < -0.39 is 0 Å². The number of carbonyl (C=O) groups is 2. The summed E-state index contributed by atoms with van der Waals surface area (Å²) >= 11 is 0. The number of likely N-dealkylation sites (tertiary alicyclic amines) is 2. The van der Waals surface area contributed by atoms with Crippen LogP contribution in [0.3, 0.4) is 0 Å². The van der Waals surface area contributed by atoms with Gasteiger partial charge in [0.15, 0.2) is 0 Å². The topological polar surface area (TPSA) is 45.6 Å². The molecule has 2 amide bonds. The first-order chi connectivity index (χ1) is 12.5. The second kappa shape index (κ2) is 6.75. The lowest BCUT2D eigenvalue weighted by atomic mass is 9.77. The van der Waals surface area contributed by atoms with Crippen LogP contribution in [0, 0.1) is 12.3 Å². The smallest absolute Gasteiger partial charge is 0.255 e. The molecule has 3 fully saturated rings. The SMILES string of the molecule is Cc1c(C(=O)N2CC[C@]3(CCCN(C4CCCCC4)C3=O)C2)ccn1C. The van der Waals surface area contributed by atoms with Crippen LogP contribution in [0.5, 0.6) is 0 Å². The highest BCUT2D eigenvalue weighted by molar-refractivity contribution is 5.96. The Hall–Kier alpha value is -1.78. The van der Waals surface area contributed by atoms with E-state index in [2.05, 4.69) is 4.90 Å². The maximum absolute atomic E-state index is 13.4. The van der Waals surface area contributed by atoms with E-state index in [1.165, 1.54) is 19.3 Å². The van der Waals surface area contributed by atoms with Crippen LogP contribution >= 0.6 is 0 Å². The highest BCUT2D eigenvalue weighted by Crippen LogP contribution is 2.42. The molecule has 5 nitrogen and oxygen atoms in total. The fourth-order valence-electron chi connectivity index (χ4n) is 5.27. The van der Waals surface area contributed by atoms with Crippen molar-refractivity contribution >= 4 is 11.8 Å². The Labute approximate surface area is 156 Å². The number of amides is 2. The first kappa shape index (κ1) is 17.6. The van der Waals surface area contributed by atoms with Crippen molar-refractivity contribution in [3.8, 4) is 0 Å². The Bertz CT molecular complexity index is 704. The van der Waals surface area contributed by atoms with Gasteiger partial charge in [0.25, 0.3) is 5.91 Å². The Morgan fingerprint density at radius 3 is 2.58 bits per heavy atom. The Morgan fingerprint density at radius 2 is 1.88 bits per heavy atom. The molecule has 26 heavy (non-hydrogen) atoms. The van der Waals surface area contributed by atoms with Crippen LogP contribution in [-0.2, 0) is 11.8 Å². The molecule has 1 aromatic rings. The zero-order valence-corrected chi connectivity index (χ0v) is 16.2. The first-order valence-corrected chi connectivity index (χ1v) is 10.2. The van der Waals surface area contributed by atoms with Crippen molar-refractivity contribution in [2.75, 3.05) is 19.6 Å². The summed E-state index contributed by atoms with van der Waals surface area (Å²) < 4.78 is 1.98. The van der Waals surface area contributed by atoms with Gasteiger partial charge in [0, 0.05) is 44.6 Å². The van der Waals surface area contributed by atoms with Crippen molar-refractivity contribution in [3.05, 3.63) is 23.5 Å². The summed E-state index contributed by atoms with van der Waals surface area (Å²) in [4.78, 5) is 30.5. The fourth-order valence-corrected chi connectivity index (χ4v) is 5.27. The van der Waals surface area contributed by atoms with Gasteiger partial charge in [-0.25, -0.2) is 0 Å². The molecular weight excluding hydrogens is 326 g/mol.